The zero-order chi connectivity index (χ0) is 19.3. The summed E-state index contributed by atoms with van der Waals surface area (Å²) in [6.45, 7) is 5.73. The first kappa shape index (κ1) is 20.0. The van der Waals surface area contributed by atoms with Crippen molar-refractivity contribution in [1.29, 1.82) is 0 Å². The average molecular weight is 361 g/mol. The van der Waals surface area contributed by atoms with Crippen LogP contribution in [-0.4, -0.2) is 18.1 Å². The zero-order valence-electron chi connectivity index (χ0n) is 15.3. The van der Waals surface area contributed by atoms with Crippen molar-refractivity contribution in [3.05, 3.63) is 71.3 Å². The summed E-state index contributed by atoms with van der Waals surface area (Å²) in [5.41, 5.74) is 7.46. The lowest BCUT2D eigenvalue weighted by molar-refractivity contribution is -0.150. The maximum absolute atomic E-state index is 13.3. The van der Waals surface area contributed by atoms with Gasteiger partial charge in [-0.15, -0.1) is 0 Å². The van der Waals surface area contributed by atoms with Crippen LogP contribution in [-0.2, 0) is 9.53 Å². The fraction of sp³-hybridized carbons (Fsp3) is 0.381. The number of esters is 1. The van der Waals surface area contributed by atoms with Gasteiger partial charge in [-0.3, -0.25) is 4.79 Å². The Morgan fingerprint density at radius 2 is 1.35 bits per heavy atom. The van der Waals surface area contributed by atoms with Gasteiger partial charge in [0.25, 0.3) is 0 Å². The second kappa shape index (κ2) is 8.90. The van der Waals surface area contributed by atoms with Gasteiger partial charge in [0.2, 0.25) is 0 Å². The van der Waals surface area contributed by atoms with E-state index in [0.717, 1.165) is 11.1 Å². The number of ether oxygens (including phenoxy) is 1. The predicted octanol–water partition coefficient (Wildman–Crippen LogP) is 4.40. The van der Waals surface area contributed by atoms with Crippen molar-refractivity contribution < 1.29 is 18.3 Å². The van der Waals surface area contributed by atoms with Crippen molar-refractivity contribution in [3.8, 4) is 0 Å². The Hall–Kier alpha value is -2.27. The number of halogens is 2. The number of hydrogen-bond acceptors (Lipinski definition) is 3. The maximum atomic E-state index is 13.3. The molecule has 2 atom stereocenters. The van der Waals surface area contributed by atoms with Gasteiger partial charge in [0, 0.05) is 5.92 Å². The Morgan fingerprint density at radius 3 is 1.73 bits per heavy atom. The molecule has 26 heavy (non-hydrogen) atoms. The summed E-state index contributed by atoms with van der Waals surface area (Å²) in [6.07, 6.45) is -0.0137. The number of rotatable bonds is 7. The molecular formula is C21H25F2NO2. The summed E-state index contributed by atoms with van der Waals surface area (Å²) < 4.78 is 32.2. The molecule has 2 N–H and O–H groups in total. The summed E-state index contributed by atoms with van der Waals surface area (Å²) in [6, 6.07) is 11.3. The first-order chi connectivity index (χ1) is 12.3. The normalized spacial score (nSPS) is 13.7. The molecule has 0 aromatic heterocycles. The summed E-state index contributed by atoms with van der Waals surface area (Å²) in [5.74, 6) is -1.25. The van der Waals surface area contributed by atoms with E-state index in [4.69, 9.17) is 10.5 Å². The largest absolute Gasteiger partial charge is 0.461 e. The second-order valence-electron chi connectivity index (χ2n) is 6.96. The summed E-state index contributed by atoms with van der Waals surface area (Å²) in [5, 5.41) is 0. The van der Waals surface area contributed by atoms with Gasteiger partial charge in [-0.05, 0) is 54.7 Å². The number of carbonyl (C=O) groups is 1. The molecule has 5 heteroatoms. The minimum Gasteiger partial charge on any atom is -0.461 e. The zero-order valence-corrected chi connectivity index (χ0v) is 15.3. The molecule has 0 unspecified atom stereocenters. The van der Waals surface area contributed by atoms with Gasteiger partial charge < -0.3 is 10.5 Å². The monoisotopic (exact) mass is 361 g/mol. The standard InChI is InChI=1S/C21H25F2NO2/c1-13(2)12-19(24)21(25)26-14(3)20(15-4-8-17(22)9-5-15)16-6-10-18(23)11-7-16/h4-11,13-14,19-20H,12,24H2,1-3H3/t14-,19-/m0/s1. The van der Waals surface area contributed by atoms with E-state index in [9.17, 15) is 13.6 Å². The Bertz CT molecular complexity index is 668. The number of nitrogens with two attached hydrogens (primary N) is 1. The Labute approximate surface area is 153 Å². The molecule has 0 saturated carbocycles. The lowest BCUT2D eigenvalue weighted by Crippen LogP contribution is -2.37. The highest BCUT2D eigenvalue weighted by Crippen LogP contribution is 2.30. The molecule has 3 nitrogen and oxygen atoms in total. The topological polar surface area (TPSA) is 52.3 Å². The molecule has 0 aliphatic heterocycles. The highest BCUT2D eigenvalue weighted by atomic mass is 19.1. The molecule has 0 radical (unpaired) electrons. The van der Waals surface area contributed by atoms with Crippen molar-refractivity contribution in [3.63, 3.8) is 0 Å². The van der Waals surface area contributed by atoms with Crippen LogP contribution in [0.5, 0.6) is 0 Å². The first-order valence-corrected chi connectivity index (χ1v) is 8.75. The minimum absolute atomic E-state index is 0.276. The number of carbonyl (C=O) groups excluding carboxylic acids is 1. The van der Waals surface area contributed by atoms with Crippen LogP contribution in [0.4, 0.5) is 8.78 Å². The van der Waals surface area contributed by atoms with Crippen molar-refractivity contribution in [1.82, 2.24) is 0 Å². The lowest BCUT2D eigenvalue weighted by atomic mass is 9.87. The van der Waals surface area contributed by atoms with Crippen LogP contribution in [0.1, 0.15) is 44.2 Å². The Balaban J connectivity index is 2.26. The third-order valence-corrected chi connectivity index (χ3v) is 4.26. The van der Waals surface area contributed by atoms with Crippen LogP contribution in [0, 0.1) is 17.6 Å². The van der Waals surface area contributed by atoms with Gasteiger partial charge in [0.15, 0.2) is 0 Å². The molecule has 0 spiro atoms. The van der Waals surface area contributed by atoms with E-state index in [1.807, 2.05) is 13.8 Å². The molecule has 0 fully saturated rings. The molecule has 0 aliphatic carbocycles. The van der Waals surface area contributed by atoms with Gasteiger partial charge in [-0.25, -0.2) is 8.78 Å². The molecule has 0 amide bonds. The van der Waals surface area contributed by atoms with Crippen LogP contribution in [0.3, 0.4) is 0 Å². The molecular weight excluding hydrogens is 336 g/mol. The fourth-order valence-electron chi connectivity index (χ4n) is 3.02. The SMILES string of the molecule is CC(C)C[C@H](N)C(=O)O[C@@H](C)C(c1ccc(F)cc1)c1ccc(F)cc1. The van der Waals surface area contributed by atoms with Gasteiger partial charge in [-0.1, -0.05) is 38.1 Å². The van der Waals surface area contributed by atoms with E-state index >= 15 is 0 Å². The van der Waals surface area contributed by atoms with Crippen LogP contribution < -0.4 is 5.73 Å². The number of hydrogen-bond donors (Lipinski definition) is 1. The Kier molecular flexibility index (Phi) is 6.86. The summed E-state index contributed by atoms with van der Waals surface area (Å²) in [4.78, 5) is 12.3. The minimum atomic E-state index is -0.695. The van der Waals surface area contributed by atoms with Gasteiger partial charge >= 0.3 is 5.97 Å². The first-order valence-electron chi connectivity index (χ1n) is 8.75. The summed E-state index contributed by atoms with van der Waals surface area (Å²) in [7, 11) is 0. The van der Waals surface area contributed by atoms with E-state index in [1.165, 1.54) is 24.3 Å². The molecule has 140 valence electrons. The van der Waals surface area contributed by atoms with Crippen LogP contribution in [0.15, 0.2) is 48.5 Å². The van der Waals surface area contributed by atoms with Crippen molar-refractivity contribution in [2.75, 3.05) is 0 Å². The molecule has 2 rings (SSSR count). The molecule has 0 heterocycles. The van der Waals surface area contributed by atoms with E-state index in [1.54, 1.807) is 31.2 Å². The molecule has 0 saturated heterocycles. The van der Waals surface area contributed by atoms with Crippen molar-refractivity contribution in [2.24, 2.45) is 11.7 Å². The van der Waals surface area contributed by atoms with E-state index in [-0.39, 0.29) is 23.5 Å². The molecule has 2 aromatic rings. The lowest BCUT2D eigenvalue weighted by Gasteiger charge is -2.26. The quantitative estimate of drug-likeness (QED) is 0.744. The van der Waals surface area contributed by atoms with Crippen LogP contribution in [0.25, 0.3) is 0 Å². The molecule has 0 bridgehead atoms. The van der Waals surface area contributed by atoms with E-state index < -0.39 is 18.1 Å². The van der Waals surface area contributed by atoms with Crippen molar-refractivity contribution in [2.45, 2.75) is 45.3 Å². The average Bonchev–Trinajstić information content (AvgIpc) is 2.58. The smallest absolute Gasteiger partial charge is 0.323 e. The fourth-order valence-corrected chi connectivity index (χ4v) is 3.02. The van der Waals surface area contributed by atoms with Crippen LogP contribution >= 0.6 is 0 Å². The summed E-state index contributed by atoms with van der Waals surface area (Å²) >= 11 is 0. The second-order valence-corrected chi connectivity index (χ2v) is 6.96. The van der Waals surface area contributed by atoms with E-state index in [2.05, 4.69) is 0 Å². The van der Waals surface area contributed by atoms with Gasteiger partial charge in [0.1, 0.15) is 23.8 Å². The molecule has 0 aliphatic rings. The Morgan fingerprint density at radius 1 is 0.923 bits per heavy atom. The predicted molar refractivity (Wildman–Crippen MR) is 97.6 cm³/mol. The van der Waals surface area contributed by atoms with Gasteiger partial charge in [-0.2, -0.15) is 0 Å². The third kappa shape index (κ3) is 5.36. The highest BCUT2D eigenvalue weighted by Gasteiger charge is 2.27. The van der Waals surface area contributed by atoms with Gasteiger partial charge in [0.05, 0.1) is 0 Å². The highest BCUT2D eigenvalue weighted by molar-refractivity contribution is 5.75. The van der Waals surface area contributed by atoms with Crippen LogP contribution in [0.2, 0.25) is 0 Å². The maximum Gasteiger partial charge on any atom is 0.323 e. The number of benzene rings is 2. The van der Waals surface area contributed by atoms with E-state index in [0.29, 0.717) is 6.42 Å². The third-order valence-electron chi connectivity index (χ3n) is 4.26. The van der Waals surface area contributed by atoms with Crippen molar-refractivity contribution >= 4 is 5.97 Å². The molecule has 2 aromatic carbocycles.